The summed E-state index contributed by atoms with van der Waals surface area (Å²) in [5.74, 6) is -4.88. The molecule has 4 aromatic carbocycles. The van der Waals surface area contributed by atoms with Gasteiger partial charge in [-0.15, -0.1) is 6.58 Å². The predicted octanol–water partition coefficient (Wildman–Crippen LogP) is 16.4. The molecule has 0 amide bonds. The fourth-order valence-corrected chi connectivity index (χ4v) is 6.15. The first kappa shape index (κ1) is 58.0. The van der Waals surface area contributed by atoms with Gasteiger partial charge in [-0.05, 0) is 78.9 Å². The Bertz CT molecular complexity index is 1860. The molecule has 4 aromatic rings. The van der Waals surface area contributed by atoms with Crippen molar-refractivity contribution in [3.05, 3.63) is 113 Å². The highest BCUT2D eigenvalue weighted by Gasteiger charge is 2.40. The standard InChI is InChI=1S/C35H35F4NO4.C10H22.C5H10.C2H6.CH2O/c1-3-4-5-6-7-18-42-28-13-12-25-20-24(9-11-26(25)21-28)10-17-32(41)43-31-16-14-29(33(36)34(31)37)35(38,39)44-30-15-8-23(2)19-27(30)22-40;1-3-5-7-9-10-8-6-4-2;1-3-5-4-2;2*1-2/h8-9,11-16,19-22,40H,3-7,10,17-18H2,1-2H3;3-10H2,1-2H3;3H,1,4-5H2,2H3;1-2H3;1H2. The molecule has 0 radical (unpaired) electrons. The molecular weight excluding hydrogens is 807 g/mol. The fourth-order valence-electron chi connectivity index (χ4n) is 6.15. The van der Waals surface area contributed by atoms with Crippen LogP contribution in [0.3, 0.4) is 0 Å². The summed E-state index contributed by atoms with van der Waals surface area (Å²) < 4.78 is 74.6. The lowest BCUT2D eigenvalue weighted by molar-refractivity contribution is -0.187. The number of carbonyl (C=O) groups excluding carboxylic acids is 2. The Labute approximate surface area is 376 Å². The summed E-state index contributed by atoms with van der Waals surface area (Å²) in [6.45, 7) is 20.8. The molecule has 350 valence electrons. The van der Waals surface area contributed by atoms with Crippen molar-refractivity contribution in [1.82, 2.24) is 0 Å². The lowest BCUT2D eigenvalue weighted by Crippen LogP contribution is -2.25. The third-order valence-corrected chi connectivity index (χ3v) is 9.60. The molecular formula is C53H75F4NO5. The van der Waals surface area contributed by atoms with Gasteiger partial charge in [0.1, 0.15) is 23.9 Å². The number of esters is 1. The second-order valence-corrected chi connectivity index (χ2v) is 14.8. The highest BCUT2D eigenvalue weighted by Crippen LogP contribution is 2.37. The van der Waals surface area contributed by atoms with E-state index in [0.29, 0.717) is 18.2 Å². The van der Waals surface area contributed by atoms with Crippen molar-refractivity contribution in [3.8, 4) is 17.2 Å². The van der Waals surface area contributed by atoms with Crippen molar-refractivity contribution in [1.29, 1.82) is 5.41 Å². The molecule has 0 atom stereocenters. The SMILES string of the molecule is C=CCCC.C=O.CC.CCCCCCCCCC.CCCCCCCOc1ccc2cc(CCC(=O)Oc3ccc(C(F)(F)Oc4ccc(C)cc4C=N)c(F)c3F)ccc2c1. The molecule has 0 heterocycles. The second kappa shape index (κ2) is 35.5. The van der Waals surface area contributed by atoms with Crippen LogP contribution in [0.4, 0.5) is 17.6 Å². The van der Waals surface area contributed by atoms with Gasteiger partial charge in [0.15, 0.2) is 11.6 Å². The highest BCUT2D eigenvalue weighted by molar-refractivity contribution is 5.85. The van der Waals surface area contributed by atoms with E-state index >= 15 is 0 Å². The normalized spacial score (nSPS) is 10.3. The number of ether oxygens (including phenoxy) is 3. The molecule has 0 fully saturated rings. The third-order valence-electron chi connectivity index (χ3n) is 9.60. The Morgan fingerprint density at radius 2 is 1.25 bits per heavy atom. The van der Waals surface area contributed by atoms with Crippen molar-refractivity contribution < 1.29 is 41.4 Å². The number of carbonyl (C=O) groups is 2. The van der Waals surface area contributed by atoms with Gasteiger partial charge in [0.25, 0.3) is 0 Å². The Morgan fingerprint density at radius 1 is 0.698 bits per heavy atom. The monoisotopic (exact) mass is 882 g/mol. The lowest BCUT2D eigenvalue weighted by Gasteiger charge is -2.20. The van der Waals surface area contributed by atoms with E-state index in [1.54, 1.807) is 6.92 Å². The van der Waals surface area contributed by atoms with E-state index in [9.17, 15) is 22.4 Å². The Balaban J connectivity index is 0.00000170. The number of aryl methyl sites for hydroxylation is 2. The number of hydrogen-bond acceptors (Lipinski definition) is 6. The average molecular weight is 882 g/mol. The minimum absolute atomic E-state index is 0.0461. The molecule has 0 saturated heterocycles. The number of allylic oxidation sites excluding steroid dienone is 1. The quantitative estimate of drug-likeness (QED) is 0.0189. The third kappa shape index (κ3) is 23.3. The zero-order valence-electron chi connectivity index (χ0n) is 39.2. The largest absolute Gasteiger partial charge is 0.494 e. The van der Waals surface area contributed by atoms with Crippen molar-refractivity contribution in [2.24, 2.45) is 0 Å². The number of nitrogens with one attached hydrogen (secondary N) is 1. The van der Waals surface area contributed by atoms with E-state index in [1.165, 1.54) is 95.2 Å². The number of fused-ring (bicyclic) bond motifs is 1. The van der Waals surface area contributed by atoms with Gasteiger partial charge in [-0.3, -0.25) is 4.79 Å². The van der Waals surface area contributed by atoms with Gasteiger partial charge in [-0.1, -0.05) is 167 Å². The number of unbranched alkanes of at least 4 members (excludes halogenated alkanes) is 12. The second-order valence-electron chi connectivity index (χ2n) is 14.8. The Hall–Kier alpha value is -4.99. The topological polar surface area (TPSA) is 85.7 Å². The average Bonchev–Trinajstić information content (AvgIpc) is 3.29. The molecule has 6 nitrogen and oxygen atoms in total. The molecule has 1 N–H and O–H groups in total. The van der Waals surface area contributed by atoms with Gasteiger partial charge in [0.05, 0.1) is 6.61 Å². The van der Waals surface area contributed by atoms with Crippen molar-refractivity contribution in [3.63, 3.8) is 0 Å². The number of halogens is 4. The maximum absolute atomic E-state index is 14.8. The summed E-state index contributed by atoms with van der Waals surface area (Å²) in [6.07, 6.45) is 18.2. The van der Waals surface area contributed by atoms with Gasteiger partial charge >= 0.3 is 12.1 Å². The van der Waals surface area contributed by atoms with Crippen LogP contribution < -0.4 is 14.2 Å². The zero-order chi connectivity index (χ0) is 47.5. The summed E-state index contributed by atoms with van der Waals surface area (Å²) in [5.41, 5.74) is 0.206. The van der Waals surface area contributed by atoms with E-state index in [4.69, 9.17) is 19.7 Å². The van der Waals surface area contributed by atoms with Crippen molar-refractivity contribution in [2.45, 2.75) is 164 Å². The predicted molar refractivity (Wildman–Crippen MR) is 254 cm³/mol. The van der Waals surface area contributed by atoms with E-state index in [0.717, 1.165) is 53.6 Å². The molecule has 4 rings (SSSR count). The number of hydrogen-bond donors (Lipinski definition) is 1. The first-order valence-electron chi connectivity index (χ1n) is 22.9. The summed E-state index contributed by atoms with van der Waals surface area (Å²) in [5, 5.41) is 9.34. The smallest absolute Gasteiger partial charge is 0.429 e. The number of alkyl halides is 2. The number of benzene rings is 4. The number of rotatable bonds is 24. The van der Waals surface area contributed by atoms with Crippen LogP contribution in [0.15, 0.2) is 79.4 Å². The van der Waals surface area contributed by atoms with Crippen molar-refractivity contribution in [2.75, 3.05) is 6.61 Å². The minimum Gasteiger partial charge on any atom is -0.494 e. The van der Waals surface area contributed by atoms with Crippen LogP contribution >= 0.6 is 0 Å². The van der Waals surface area contributed by atoms with Gasteiger partial charge < -0.3 is 24.4 Å². The first-order valence-corrected chi connectivity index (χ1v) is 22.9. The summed E-state index contributed by atoms with van der Waals surface area (Å²) in [7, 11) is 0. The van der Waals surface area contributed by atoms with Crippen LogP contribution in [0.25, 0.3) is 10.8 Å². The van der Waals surface area contributed by atoms with Crippen LogP contribution in [0.5, 0.6) is 17.2 Å². The molecule has 0 aliphatic carbocycles. The molecule has 63 heavy (non-hydrogen) atoms. The van der Waals surface area contributed by atoms with Crippen LogP contribution in [0.1, 0.15) is 167 Å². The highest BCUT2D eigenvalue weighted by atomic mass is 19.3. The van der Waals surface area contributed by atoms with Crippen LogP contribution in [0.2, 0.25) is 0 Å². The van der Waals surface area contributed by atoms with Crippen LogP contribution in [-0.2, 0) is 22.1 Å². The first-order chi connectivity index (χ1) is 30.4. The lowest BCUT2D eigenvalue weighted by atomic mass is 10.0. The van der Waals surface area contributed by atoms with Gasteiger partial charge in [0.2, 0.25) is 5.82 Å². The fraction of sp³-hybridized carbons (Fsp3) is 0.491. The molecule has 0 spiro atoms. The van der Waals surface area contributed by atoms with Crippen molar-refractivity contribution >= 4 is 29.7 Å². The Morgan fingerprint density at radius 3 is 1.81 bits per heavy atom. The van der Waals surface area contributed by atoms with Crippen LogP contribution in [-0.4, -0.2) is 25.6 Å². The minimum atomic E-state index is -4.27. The molecule has 0 bridgehead atoms. The Kier molecular flexibility index (Phi) is 32.7. The van der Waals surface area contributed by atoms with Crippen LogP contribution in [0, 0.1) is 24.0 Å². The summed E-state index contributed by atoms with van der Waals surface area (Å²) in [4.78, 5) is 20.4. The molecule has 0 aliphatic rings. The molecule has 0 saturated carbocycles. The van der Waals surface area contributed by atoms with E-state index < -0.39 is 35.0 Å². The van der Waals surface area contributed by atoms with E-state index in [1.807, 2.05) is 63.1 Å². The van der Waals surface area contributed by atoms with E-state index in [-0.39, 0.29) is 24.2 Å². The van der Waals surface area contributed by atoms with Gasteiger partial charge in [-0.2, -0.15) is 13.2 Å². The molecule has 0 aliphatic heterocycles. The van der Waals surface area contributed by atoms with Gasteiger partial charge in [-0.25, -0.2) is 4.39 Å². The molecule has 0 aromatic heterocycles. The summed E-state index contributed by atoms with van der Waals surface area (Å²) in [6, 6.07) is 17.0. The van der Waals surface area contributed by atoms with Gasteiger partial charge in [0, 0.05) is 18.2 Å². The molecule has 10 heteroatoms. The maximum Gasteiger partial charge on any atom is 0.429 e. The van der Waals surface area contributed by atoms with E-state index in [2.05, 4.69) is 39.0 Å². The zero-order valence-corrected chi connectivity index (χ0v) is 39.2. The maximum atomic E-state index is 14.8. The molecule has 0 unspecified atom stereocenters. The summed E-state index contributed by atoms with van der Waals surface area (Å²) >= 11 is 0.